The summed E-state index contributed by atoms with van der Waals surface area (Å²) in [5, 5.41) is 3.02. The Kier molecular flexibility index (Phi) is 6.98. The molecule has 0 bridgehead atoms. The Balaban J connectivity index is 1.50. The van der Waals surface area contributed by atoms with Crippen molar-refractivity contribution in [2.45, 2.75) is 23.8 Å². The van der Waals surface area contributed by atoms with Gasteiger partial charge in [-0.3, -0.25) is 9.69 Å². The predicted octanol–water partition coefficient (Wildman–Crippen LogP) is 2.52. The first-order valence-electron chi connectivity index (χ1n) is 10.4. The molecule has 1 aromatic carbocycles. The van der Waals surface area contributed by atoms with E-state index in [9.17, 15) is 13.2 Å². The van der Waals surface area contributed by atoms with Crippen LogP contribution in [0.3, 0.4) is 0 Å². The summed E-state index contributed by atoms with van der Waals surface area (Å²) in [6, 6.07) is 8.01. The summed E-state index contributed by atoms with van der Waals surface area (Å²) in [5.74, 6) is 0.444. The molecule has 2 aliphatic rings. The highest BCUT2D eigenvalue weighted by Gasteiger charge is 2.30. The number of nitrogens with zero attached hydrogens (tertiary/aromatic N) is 2. The van der Waals surface area contributed by atoms with Gasteiger partial charge >= 0.3 is 0 Å². The molecule has 2 aliphatic heterocycles. The molecule has 4 rings (SSSR count). The van der Waals surface area contributed by atoms with E-state index in [0.29, 0.717) is 19.8 Å². The topological polar surface area (TPSA) is 92.1 Å². The Labute approximate surface area is 187 Å². The van der Waals surface area contributed by atoms with Crippen LogP contribution in [-0.4, -0.2) is 69.5 Å². The quantitative estimate of drug-likeness (QED) is 0.672. The van der Waals surface area contributed by atoms with E-state index in [1.165, 1.54) is 22.5 Å². The van der Waals surface area contributed by atoms with E-state index in [1.807, 2.05) is 12.1 Å². The van der Waals surface area contributed by atoms with Gasteiger partial charge in [-0.05, 0) is 56.3 Å². The summed E-state index contributed by atoms with van der Waals surface area (Å²) in [7, 11) is -3.81. The van der Waals surface area contributed by atoms with E-state index < -0.39 is 10.0 Å². The zero-order valence-electron chi connectivity index (χ0n) is 17.1. The van der Waals surface area contributed by atoms with Crippen molar-refractivity contribution in [3.05, 3.63) is 52.9 Å². The highest BCUT2D eigenvalue weighted by Crippen LogP contribution is 2.27. The van der Waals surface area contributed by atoms with Crippen molar-refractivity contribution < 1.29 is 22.4 Å². The van der Waals surface area contributed by atoms with Crippen LogP contribution < -0.4 is 5.32 Å². The van der Waals surface area contributed by atoms with E-state index in [1.54, 1.807) is 6.26 Å². The number of carbonyl (C=O) groups is 1. The molecule has 2 fully saturated rings. The van der Waals surface area contributed by atoms with Crippen LogP contribution in [0, 0.1) is 0 Å². The molecule has 1 atom stereocenters. The molecular formula is C21H26ClN3O5S. The van der Waals surface area contributed by atoms with Crippen molar-refractivity contribution in [2.24, 2.45) is 0 Å². The Bertz CT molecular complexity index is 1000. The maximum absolute atomic E-state index is 13.0. The molecule has 168 valence electrons. The molecule has 1 amide bonds. The normalized spacial score (nSPS) is 19.4. The second kappa shape index (κ2) is 9.70. The van der Waals surface area contributed by atoms with Gasteiger partial charge in [0, 0.05) is 25.2 Å². The van der Waals surface area contributed by atoms with Crippen molar-refractivity contribution in [3.8, 4) is 0 Å². The zero-order chi connectivity index (χ0) is 21.8. The van der Waals surface area contributed by atoms with Gasteiger partial charge in [-0.15, -0.1) is 0 Å². The van der Waals surface area contributed by atoms with Crippen LogP contribution in [-0.2, 0) is 14.8 Å². The first kappa shape index (κ1) is 22.3. The average molecular weight is 468 g/mol. The smallest absolute Gasteiger partial charge is 0.251 e. The van der Waals surface area contributed by atoms with Crippen molar-refractivity contribution in [2.75, 3.05) is 45.9 Å². The predicted molar refractivity (Wildman–Crippen MR) is 116 cm³/mol. The average Bonchev–Trinajstić information content (AvgIpc) is 3.50. The lowest BCUT2D eigenvalue weighted by Crippen LogP contribution is -2.40. The molecule has 31 heavy (non-hydrogen) atoms. The number of morpholine rings is 1. The minimum atomic E-state index is -3.81. The number of rotatable bonds is 7. The highest BCUT2D eigenvalue weighted by atomic mass is 35.5. The van der Waals surface area contributed by atoms with E-state index in [0.717, 1.165) is 31.7 Å². The van der Waals surface area contributed by atoms with Gasteiger partial charge in [0.15, 0.2) is 0 Å². The van der Waals surface area contributed by atoms with Crippen molar-refractivity contribution in [1.29, 1.82) is 0 Å². The third kappa shape index (κ3) is 4.96. The minimum Gasteiger partial charge on any atom is -0.468 e. The monoisotopic (exact) mass is 467 g/mol. The number of hydrogen-bond donors (Lipinski definition) is 1. The van der Waals surface area contributed by atoms with Gasteiger partial charge in [-0.25, -0.2) is 8.42 Å². The number of carbonyl (C=O) groups excluding carboxylic acids is 1. The molecular weight excluding hydrogens is 442 g/mol. The molecule has 0 saturated carbocycles. The Morgan fingerprint density at radius 1 is 1.13 bits per heavy atom. The summed E-state index contributed by atoms with van der Waals surface area (Å²) < 4.78 is 38.2. The number of likely N-dealkylation sites (tertiary alicyclic amines) is 1. The van der Waals surface area contributed by atoms with E-state index in [4.69, 9.17) is 20.8 Å². The Hall–Kier alpha value is -1.91. The van der Waals surface area contributed by atoms with Gasteiger partial charge in [-0.2, -0.15) is 4.31 Å². The van der Waals surface area contributed by atoms with Crippen LogP contribution in [0.4, 0.5) is 0 Å². The zero-order valence-corrected chi connectivity index (χ0v) is 18.7. The van der Waals surface area contributed by atoms with Crippen molar-refractivity contribution >= 4 is 27.5 Å². The van der Waals surface area contributed by atoms with Gasteiger partial charge in [0.25, 0.3) is 5.91 Å². The number of benzene rings is 1. The number of ether oxygens (including phenoxy) is 1. The molecule has 2 aromatic rings. The molecule has 1 aromatic heterocycles. The standard InChI is InChI=1S/C21H26ClN3O5S/c22-17-6-5-16(14-20(17)31(27,28)25-9-12-29-13-10-25)21(26)23-15-18(19-4-3-11-30-19)24-7-1-2-8-24/h3-6,11,14,18H,1-2,7-10,12-13,15H2,(H,23,26)/t18-/m1/s1. The lowest BCUT2D eigenvalue weighted by molar-refractivity contribution is 0.0730. The molecule has 0 aliphatic carbocycles. The molecule has 0 unspecified atom stereocenters. The van der Waals surface area contributed by atoms with Crippen LogP contribution >= 0.6 is 11.6 Å². The second-order valence-corrected chi connectivity index (χ2v) is 9.96. The van der Waals surface area contributed by atoms with Gasteiger partial charge in [0.2, 0.25) is 10.0 Å². The summed E-state index contributed by atoms with van der Waals surface area (Å²) >= 11 is 6.20. The minimum absolute atomic E-state index is 0.0640. The second-order valence-electron chi connectivity index (χ2n) is 7.65. The first-order chi connectivity index (χ1) is 15.0. The fourth-order valence-electron chi connectivity index (χ4n) is 4.00. The van der Waals surface area contributed by atoms with E-state index in [-0.39, 0.29) is 40.5 Å². The van der Waals surface area contributed by atoms with E-state index >= 15 is 0 Å². The van der Waals surface area contributed by atoms with Gasteiger partial charge in [0.1, 0.15) is 10.7 Å². The molecule has 3 heterocycles. The molecule has 8 nitrogen and oxygen atoms in total. The molecule has 10 heteroatoms. The number of sulfonamides is 1. The Morgan fingerprint density at radius 2 is 1.87 bits per heavy atom. The summed E-state index contributed by atoms with van der Waals surface area (Å²) in [6.07, 6.45) is 3.86. The fourth-order valence-corrected chi connectivity index (χ4v) is 5.91. The number of amides is 1. The van der Waals surface area contributed by atoms with Gasteiger partial charge < -0.3 is 14.5 Å². The van der Waals surface area contributed by atoms with Gasteiger partial charge in [0.05, 0.1) is 30.5 Å². The van der Waals surface area contributed by atoms with Crippen LogP contribution in [0.1, 0.15) is 35.0 Å². The van der Waals surface area contributed by atoms with Crippen molar-refractivity contribution in [3.63, 3.8) is 0 Å². The molecule has 0 radical (unpaired) electrons. The maximum atomic E-state index is 13.0. The van der Waals surface area contributed by atoms with Crippen LogP contribution in [0.25, 0.3) is 0 Å². The molecule has 1 N–H and O–H groups in total. The van der Waals surface area contributed by atoms with Crippen molar-refractivity contribution in [1.82, 2.24) is 14.5 Å². The largest absolute Gasteiger partial charge is 0.468 e. The highest BCUT2D eigenvalue weighted by molar-refractivity contribution is 7.89. The van der Waals surface area contributed by atoms with Crippen LogP contribution in [0.2, 0.25) is 5.02 Å². The first-order valence-corrected chi connectivity index (χ1v) is 12.2. The van der Waals surface area contributed by atoms with Gasteiger partial charge in [-0.1, -0.05) is 11.6 Å². The Morgan fingerprint density at radius 3 is 2.55 bits per heavy atom. The third-order valence-corrected chi connectivity index (χ3v) is 8.07. The summed E-state index contributed by atoms with van der Waals surface area (Å²) in [4.78, 5) is 15.1. The number of furan rings is 1. The summed E-state index contributed by atoms with van der Waals surface area (Å²) in [6.45, 7) is 3.45. The number of hydrogen-bond acceptors (Lipinski definition) is 6. The molecule has 0 spiro atoms. The van der Waals surface area contributed by atoms with Crippen LogP contribution in [0.5, 0.6) is 0 Å². The maximum Gasteiger partial charge on any atom is 0.251 e. The van der Waals surface area contributed by atoms with Crippen LogP contribution in [0.15, 0.2) is 45.9 Å². The lowest BCUT2D eigenvalue weighted by atomic mass is 10.1. The summed E-state index contributed by atoms with van der Waals surface area (Å²) in [5.41, 5.74) is 0.246. The fraction of sp³-hybridized carbons (Fsp3) is 0.476. The lowest BCUT2D eigenvalue weighted by Gasteiger charge is -2.27. The molecule has 2 saturated heterocycles. The number of halogens is 1. The number of nitrogens with one attached hydrogen (secondary N) is 1. The SMILES string of the molecule is O=C(NC[C@H](c1ccco1)N1CCCC1)c1ccc(Cl)c(S(=O)(=O)N2CCOCC2)c1. The third-order valence-electron chi connectivity index (χ3n) is 5.69. The van der Waals surface area contributed by atoms with E-state index in [2.05, 4.69) is 10.2 Å².